The van der Waals surface area contributed by atoms with Gasteiger partial charge in [0.25, 0.3) is 0 Å². The molecule has 2 rings (SSSR count). The zero-order valence-electron chi connectivity index (χ0n) is 11.7. The van der Waals surface area contributed by atoms with Gasteiger partial charge in [0.05, 0.1) is 6.10 Å². The minimum atomic E-state index is 0.0578. The number of ether oxygens (including phenoxy) is 1. The van der Waals surface area contributed by atoms with Crippen molar-refractivity contribution >= 4 is 11.3 Å². The molecule has 1 aromatic heterocycles. The Morgan fingerprint density at radius 3 is 2.44 bits per heavy atom. The number of nitrogens with two attached hydrogens (primary N) is 1. The molecule has 3 heteroatoms. The predicted octanol–water partition coefficient (Wildman–Crippen LogP) is 4.04. The normalized spacial score (nSPS) is 28.0. The molecule has 1 saturated carbocycles. The van der Waals surface area contributed by atoms with Crippen LogP contribution in [0.5, 0.6) is 0 Å². The van der Waals surface area contributed by atoms with Crippen LogP contribution in [0.15, 0.2) is 12.1 Å². The van der Waals surface area contributed by atoms with E-state index in [9.17, 15) is 0 Å². The van der Waals surface area contributed by atoms with E-state index in [1.165, 1.54) is 35.4 Å². The fourth-order valence-corrected chi connectivity index (χ4v) is 3.66. The highest BCUT2D eigenvalue weighted by Crippen LogP contribution is 2.33. The summed E-state index contributed by atoms with van der Waals surface area (Å²) < 4.78 is 6.29. The Morgan fingerprint density at radius 1 is 1.28 bits per heavy atom. The average Bonchev–Trinajstić information content (AvgIpc) is 2.74. The molecule has 18 heavy (non-hydrogen) atoms. The zero-order chi connectivity index (χ0) is 13.1. The second-order valence-corrected chi connectivity index (χ2v) is 7.07. The van der Waals surface area contributed by atoms with Crippen LogP contribution in [0.25, 0.3) is 0 Å². The van der Waals surface area contributed by atoms with Gasteiger partial charge in [0.1, 0.15) is 6.10 Å². The third kappa shape index (κ3) is 3.56. The van der Waals surface area contributed by atoms with Crippen molar-refractivity contribution in [2.24, 2.45) is 11.7 Å². The molecule has 1 fully saturated rings. The lowest BCUT2D eigenvalue weighted by molar-refractivity contribution is -0.0442. The summed E-state index contributed by atoms with van der Waals surface area (Å²) >= 11 is 1.81. The van der Waals surface area contributed by atoms with Gasteiger partial charge >= 0.3 is 0 Å². The molecule has 2 unspecified atom stereocenters. The molecule has 1 aliphatic rings. The molecule has 1 aliphatic carbocycles. The van der Waals surface area contributed by atoms with Crippen molar-refractivity contribution in [1.29, 1.82) is 0 Å². The molecular formula is C15H25NOS. The third-order valence-electron chi connectivity index (χ3n) is 3.82. The third-order valence-corrected chi connectivity index (χ3v) is 4.88. The van der Waals surface area contributed by atoms with Gasteiger partial charge in [-0.05, 0) is 57.6 Å². The van der Waals surface area contributed by atoms with Crippen LogP contribution >= 0.6 is 11.3 Å². The predicted molar refractivity (Wildman–Crippen MR) is 78.0 cm³/mol. The van der Waals surface area contributed by atoms with Crippen molar-refractivity contribution < 1.29 is 4.74 Å². The maximum Gasteiger partial charge on any atom is 0.107 e. The summed E-state index contributed by atoms with van der Waals surface area (Å²) in [6.45, 7) is 6.52. The van der Waals surface area contributed by atoms with Crippen LogP contribution in [-0.2, 0) is 4.74 Å². The van der Waals surface area contributed by atoms with Gasteiger partial charge in [0.15, 0.2) is 0 Å². The Bertz CT molecular complexity index is 366. The molecule has 2 nitrogen and oxygen atoms in total. The minimum absolute atomic E-state index is 0.0578. The molecule has 102 valence electrons. The Kier molecular flexibility index (Phi) is 4.82. The molecule has 0 bridgehead atoms. The molecule has 2 atom stereocenters. The summed E-state index contributed by atoms with van der Waals surface area (Å²) in [7, 11) is 0. The molecule has 2 N–H and O–H groups in total. The second kappa shape index (κ2) is 6.18. The number of thiophene rings is 1. The Balaban J connectivity index is 1.99. The molecule has 1 aromatic rings. The van der Waals surface area contributed by atoms with Gasteiger partial charge in [0, 0.05) is 15.8 Å². The minimum Gasteiger partial charge on any atom is -0.368 e. The lowest BCUT2D eigenvalue weighted by Crippen LogP contribution is -2.31. The zero-order valence-corrected chi connectivity index (χ0v) is 12.5. The van der Waals surface area contributed by atoms with Gasteiger partial charge in [0.2, 0.25) is 0 Å². The quantitative estimate of drug-likeness (QED) is 0.893. The van der Waals surface area contributed by atoms with E-state index in [1.807, 2.05) is 18.3 Å². The second-order valence-electron chi connectivity index (χ2n) is 5.75. The number of hydrogen-bond acceptors (Lipinski definition) is 3. The van der Waals surface area contributed by atoms with Crippen LogP contribution in [0, 0.1) is 12.8 Å². The first kappa shape index (κ1) is 14.0. The van der Waals surface area contributed by atoms with E-state index in [2.05, 4.69) is 26.0 Å². The number of aryl methyl sites for hydroxylation is 1. The topological polar surface area (TPSA) is 35.2 Å². The van der Waals surface area contributed by atoms with Crippen LogP contribution in [0.3, 0.4) is 0 Å². The highest BCUT2D eigenvalue weighted by molar-refractivity contribution is 7.12. The van der Waals surface area contributed by atoms with E-state index in [1.54, 1.807) is 0 Å². The van der Waals surface area contributed by atoms with Crippen LogP contribution in [0.4, 0.5) is 0 Å². The van der Waals surface area contributed by atoms with E-state index in [4.69, 9.17) is 10.5 Å². The Hall–Kier alpha value is -0.380. The van der Waals surface area contributed by atoms with Gasteiger partial charge in [-0.25, -0.2) is 0 Å². The summed E-state index contributed by atoms with van der Waals surface area (Å²) in [5.41, 5.74) is 6.10. The number of hydrogen-bond donors (Lipinski definition) is 1. The Labute approximate surface area is 115 Å². The fraction of sp³-hybridized carbons (Fsp3) is 0.733. The molecule has 0 saturated heterocycles. The SMILES string of the molecule is Cc1ccc(C(OC2CCC(C)CC2)C(C)N)s1. The summed E-state index contributed by atoms with van der Waals surface area (Å²) in [6, 6.07) is 4.38. The summed E-state index contributed by atoms with van der Waals surface area (Å²) in [4.78, 5) is 2.61. The van der Waals surface area contributed by atoms with Crippen molar-refractivity contribution in [2.45, 2.75) is 64.7 Å². The Morgan fingerprint density at radius 2 is 1.94 bits per heavy atom. The molecule has 1 heterocycles. The monoisotopic (exact) mass is 267 g/mol. The van der Waals surface area contributed by atoms with Gasteiger partial charge in [-0.2, -0.15) is 0 Å². The fourth-order valence-electron chi connectivity index (χ4n) is 2.63. The maximum atomic E-state index is 6.29. The van der Waals surface area contributed by atoms with Crippen LogP contribution in [0.1, 0.15) is 55.4 Å². The van der Waals surface area contributed by atoms with E-state index in [0.29, 0.717) is 6.10 Å². The summed E-state index contributed by atoms with van der Waals surface area (Å²) in [5.74, 6) is 0.864. The lowest BCUT2D eigenvalue weighted by Gasteiger charge is -2.31. The molecular weight excluding hydrogens is 242 g/mol. The first-order valence-corrected chi connectivity index (χ1v) is 7.85. The average molecular weight is 267 g/mol. The van der Waals surface area contributed by atoms with Gasteiger partial charge in [-0.1, -0.05) is 6.92 Å². The van der Waals surface area contributed by atoms with Crippen molar-refractivity contribution in [3.8, 4) is 0 Å². The highest BCUT2D eigenvalue weighted by Gasteiger charge is 2.26. The highest BCUT2D eigenvalue weighted by atomic mass is 32.1. The van der Waals surface area contributed by atoms with E-state index < -0.39 is 0 Å². The van der Waals surface area contributed by atoms with E-state index >= 15 is 0 Å². The van der Waals surface area contributed by atoms with E-state index in [0.717, 1.165) is 5.92 Å². The smallest absolute Gasteiger partial charge is 0.107 e. The van der Waals surface area contributed by atoms with E-state index in [-0.39, 0.29) is 12.1 Å². The summed E-state index contributed by atoms with van der Waals surface area (Å²) in [5, 5.41) is 0. The first-order chi connectivity index (χ1) is 8.56. The molecule has 0 aromatic carbocycles. The standard InChI is InChI=1S/C15H25NOS/c1-10-4-7-13(8-5-10)17-15(12(3)16)14-9-6-11(2)18-14/h6,9-10,12-13,15H,4-5,7-8,16H2,1-3H3. The number of rotatable bonds is 4. The lowest BCUT2D eigenvalue weighted by atomic mass is 9.89. The van der Waals surface area contributed by atoms with Gasteiger partial charge < -0.3 is 10.5 Å². The maximum absolute atomic E-state index is 6.29. The molecule has 0 radical (unpaired) electrons. The van der Waals surface area contributed by atoms with Crippen molar-refractivity contribution in [3.05, 3.63) is 21.9 Å². The van der Waals surface area contributed by atoms with Crippen molar-refractivity contribution in [2.75, 3.05) is 0 Å². The molecule has 0 aliphatic heterocycles. The van der Waals surface area contributed by atoms with Crippen LogP contribution < -0.4 is 5.73 Å². The van der Waals surface area contributed by atoms with Gasteiger partial charge in [-0.3, -0.25) is 0 Å². The van der Waals surface area contributed by atoms with Gasteiger partial charge in [-0.15, -0.1) is 11.3 Å². The van der Waals surface area contributed by atoms with Crippen LogP contribution in [0.2, 0.25) is 0 Å². The molecule has 0 spiro atoms. The van der Waals surface area contributed by atoms with Crippen molar-refractivity contribution in [1.82, 2.24) is 0 Å². The van der Waals surface area contributed by atoms with Crippen LogP contribution in [-0.4, -0.2) is 12.1 Å². The summed E-state index contributed by atoms with van der Waals surface area (Å²) in [6.07, 6.45) is 5.44. The van der Waals surface area contributed by atoms with Crippen molar-refractivity contribution in [3.63, 3.8) is 0 Å². The largest absolute Gasteiger partial charge is 0.368 e. The first-order valence-electron chi connectivity index (χ1n) is 7.03. The molecule has 0 amide bonds.